The lowest BCUT2D eigenvalue weighted by atomic mass is 10.0. The fourth-order valence-electron chi connectivity index (χ4n) is 4.70. The Bertz CT molecular complexity index is 1410. The van der Waals surface area contributed by atoms with Crippen LogP contribution in [-0.4, -0.2) is 52.9 Å². The molecular weight excluding hydrogens is 448 g/mol. The number of hydrogen-bond donors (Lipinski definition) is 1. The number of nitriles is 1. The third-order valence-electron chi connectivity index (χ3n) is 6.79. The fourth-order valence-corrected chi connectivity index (χ4v) is 4.70. The normalized spacial score (nSPS) is 13.7. The van der Waals surface area contributed by atoms with Crippen LogP contribution < -0.4 is 10.2 Å². The molecule has 4 aromatic rings. The van der Waals surface area contributed by atoms with Gasteiger partial charge in [0, 0.05) is 37.9 Å². The third kappa shape index (κ3) is 4.63. The van der Waals surface area contributed by atoms with E-state index in [9.17, 15) is 10.1 Å². The molecule has 2 aromatic carbocycles. The Balaban J connectivity index is 1.29. The first-order valence-corrected chi connectivity index (χ1v) is 12.4. The molecule has 7 nitrogen and oxygen atoms in total. The van der Waals surface area contributed by atoms with E-state index in [4.69, 9.17) is 4.98 Å². The first kappa shape index (κ1) is 23.4. The van der Waals surface area contributed by atoms with Crippen molar-refractivity contribution in [1.82, 2.24) is 14.3 Å². The number of imidazole rings is 1. The molecule has 0 spiro atoms. The number of carbonyl (C=O) groups is 1. The summed E-state index contributed by atoms with van der Waals surface area (Å²) in [6.07, 6.45) is 1.96. The number of anilines is 2. The van der Waals surface area contributed by atoms with Crippen LogP contribution >= 0.6 is 0 Å². The van der Waals surface area contributed by atoms with Gasteiger partial charge in [-0.3, -0.25) is 9.20 Å². The number of amides is 1. The number of piperazine rings is 1. The number of para-hydroxylation sites is 1. The van der Waals surface area contributed by atoms with E-state index in [1.165, 1.54) is 5.56 Å². The molecule has 0 atom stereocenters. The minimum Gasteiger partial charge on any atom is -0.367 e. The van der Waals surface area contributed by atoms with Crippen molar-refractivity contribution in [2.24, 2.45) is 0 Å². The number of nitrogens with zero attached hydrogens (tertiary/aromatic N) is 5. The highest BCUT2D eigenvalue weighted by Crippen LogP contribution is 2.30. The molecule has 1 aliphatic rings. The van der Waals surface area contributed by atoms with Crippen molar-refractivity contribution in [3.05, 3.63) is 84.1 Å². The lowest BCUT2D eigenvalue weighted by molar-refractivity contribution is -0.129. The molecule has 0 saturated carbocycles. The molecule has 0 radical (unpaired) electrons. The molecule has 36 heavy (non-hydrogen) atoms. The molecule has 0 bridgehead atoms. The van der Waals surface area contributed by atoms with Gasteiger partial charge in [-0.05, 0) is 35.7 Å². The quantitative estimate of drug-likeness (QED) is 0.433. The number of hydrogen-bond acceptors (Lipinski definition) is 5. The topological polar surface area (TPSA) is 76.7 Å². The Morgan fingerprint density at radius 1 is 1.00 bits per heavy atom. The van der Waals surface area contributed by atoms with Crippen molar-refractivity contribution in [2.75, 3.05) is 42.9 Å². The Labute approximate surface area is 211 Å². The summed E-state index contributed by atoms with van der Waals surface area (Å²) >= 11 is 0. The van der Waals surface area contributed by atoms with Crippen molar-refractivity contribution >= 4 is 23.1 Å². The Morgan fingerprint density at radius 2 is 1.72 bits per heavy atom. The van der Waals surface area contributed by atoms with E-state index in [0.29, 0.717) is 37.7 Å². The molecule has 1 saturated heterocycles. The summed E-state index contributed by atoms with van der Waals surface area (Å²) in [5.74, 6) is 1.33. The van der Waals surface area contributed by atoms with Gasteiger partial charge in [0.25, 0.3) is 0 Å². The highest BCUT2D eigenvalue weighted by Gasteiger charge is 2.23. The molecule has 0 unspecified atom stereocenters. The number of aromatic nitrogens is 2. The molecule has 2 aromatic heterocycles. The van der Waals surface area contributed by atoms with Gasteiger partial charge in [0.1, 0.15) is 23.2 Å². The highest BCUT2D eigenvalue weighted by atomic mass is 16.2. The van der Waals surface area contributed by atoms with E-state index >= 15 is 0 Å². The van der Waals surface area contributed by atoms with E-state index in [-0.39, 0.29) is 12.5 Å². The van der Waals surface area contributed by atoms with E-state index in [1.807, 2.05) is 58.0 Å². The maximum absolute atomic E-state index is 13.1. The first-order valence-electron chi connectivity index (χ1n) is 12.4. The number of carbonyl (C=O) groups excluding carboxylic acids is 1. The largest absolute Gasteiger partial charge is 0.367 e. The maximum atomic E-state index is 13.1. The molecule has 7 heteroatoms. The van der Waals surface area contributed by atoms with Crippen molar-refractivity contribution in [3.8, 4) is 17.3 Å². The number of benzene rings is 2. The second-order valence-electron chi connectivity index (χ2n) is 9.36. The number of fused-ring (bicyclic) bond motifs is 1. The first-order chi connectivity index (χ1) is 17.5. The second-order valence-corrected chi connectivity index (χ2v) is 9.36. The average Bonchev–Trinajstić information content (AvgIpc) is 3.30. The lowest BCUT2D eigenvalue weighted by Crippen LogP contribution is -2.50. The predicted molar refractivity (Wildman–Crippen MR) is 143 cm³/mol. The van der Waals surface area contributed by atoms with Crippen LogP contribution in [0.2, 0.25) is 0 Å². The SMILES string of the molecule is CC(C)c1ccc(-c2nc3ccccn3c2NCC(=O)N2CCN(c3ccccc3C#N)CC2)cc1. The van der Waals surface area contributed by atoms with Crippen molar-refractivity contribution in [1.29, 1.82) is 5.26 Å². The monoisotopic (exact) mass is 478 g/mol. The van der Waals surface area contributed by atoms with Gasteiger partial charge in [0.05, 0.1) is 17.8 Å². The standard InChI is InChI=1S/C29H30N6O/c1-21(2)22-10-12-23(13-11-22)28-29(35-14-6-5-9-26(35)32-28)31-20-27(36)34-17-15-33(16-18-34)25-8-4-3-7-24(25)19-30/h3-14,21,31H,15-18,20H2,1-2H3. The van der Waals surface area contributed by atoms with Crippen LogP contribution in [0.5, 0.6) is 0 Å². The third-order valence-corrected chi connectivity index (χ3v) is 6.79. The zero-order chi connectivity index (χ0) is 25.1. The van der Waals surface area contributed by atoms with Gasteiger partial charge >= 0.3 is 0 Å². The van der Waals surface area contributed by atoms with Crippen LogP contribution in [0.3, 0.4) is 0 Å². The second kappa shape index (κ2) is 10.1. The summed E-state index contributed by atoms with van der Waals surface area (Å²) in [6.45, 7) is 7.20. The maximum Gasteiger partial charge on any atom is 0.242 e. The molecule has 1 aliphatic heterocycles. The number of pyridine rings is 1. The minimum atomic E-state index is 0.0511. The number of rotatable bonds is 6. The van der Waals surface area contributed by atoms with Gasteiger partial charge in [0.2, 0.25) is 5.91 Å². The molecule has 1 fully saturated rings. The van der Waals surface area contributed by atoms with Gasteiger partial charge < -0.3 is 15.1 Å². The average molecular weight is 479 g/mol. The summed E-state index contributed by atoms with van der Waals surface area (Å²) in [5.41, 5.74) is 5.57. The summed E-state index contributed by atoms with van der Waals surface area (Å²) in [5, 5.41) is 12.8. The lowest BCUT2D eigenvalue weighted by Gasteiger charge is -2.36. The van der Waals surface area contributed by atoms with Crippen LogP contribution in [0.25, 0.3) is 16.9 Å². The van der Waals surface area contributed by atoms with Crippen molar-refractivity contribution in [3.63, 3.8) is 0 Å². The Hall–Kier alpha value is -4.31. The molecule has 1 N–H and O–H groups in total. The predicted octanol–water partition coefficient (Wildman–Crippen LogP) is 4.76. The van der Waals surface area contributed by atoms with Gasteiger partial charge in [-0.15, -0.1) is 0 Å². The molecule has 3 heterocycles. The van der Waals surface area contributed by atoms with Gasteiger partial charge in [0.15, 0.2) is 0 Å². The van der Waals surface area contributed by atoms with Crippen LogP contribution in [-0.2, 0) is 4.79 Å². The zero-order valence-corrected chi connectivity index (χ0v) is 20.7. The van der Waals surface area contributed by atoms with Gasteiger partial charge in [-0.2, -0.15) is 5.26 Å². The van der Waals surface area contributed by atoms with Crippen molar-refractivity contribution in [2.45, 2.75) is 19.8 Å². The van der Waals surface area contributed by atoms with E-state index < -0.39 is 0 Å². The molecule has 0 aliphatic carbocycles. The molecule has 182 valence electrons. The molecule has 1 amide bonds. The fraction of sp³-hybridized carbons (Fsp3) is 0.276. The summed E-state index contributed by atoms with van der Waals surface area (Å²) in [4.78, 5) is 22.0. The minimum absolute atomic E-state index is 0.0511. The van der Waals surface area contributed by atoms with E-state index in [2.05, 4.69) is 54.4 Å². The summed E-state index contributed by atoms with van der Waals surface area (Å²) in [6, 6.07) is 24.3. The molecule has 5 rings (SSSR count). The summed E-state index contributed by atoms with van der Waals surface area (Å²) < 4.78 is 2.00. The summed E-state index contributed by atoms with van der Waals surface area (Å²) in [7, 11) is 0. The number of nitrogens with one attached hydrogen (secondary N) is 1. The van der Waals surface area contributed by atoms with E-state index in [0.717, 1.165) is 28.4 Å². The Kier molecular flexibility index (Phi) is 6.59. The van der Waals surface area contributed by atoms with Crippen LogP contribution in [0, 0.1) is 11.3 Å². The highest BCUT2D eigenvalue weighted by molar-refractivity contribution is 5.84. The zero-order valence-electron chi connectivity index (χ0n) is 20.7. The van der Waals surface area contributed by atoms with E-state index in [1.54, 1.807) is 0 Å². The van der Waals surface area contributed by atoms with Gasteiger partial charge in [-0.1, -0.05) is 56.3 Å². The Morgan fingerprint density at radius 3 is 2.44 bits per heavy atom. The van der Waals surface area contributed by atoms with Crippen LogP contribution in [0.4, 0.5) is 11.5 Å². The van der Waals surface area contributed by atoms with Crippen LogP contribution in [0.1, 0.15) is 30.9 Å². The smallest absolute Gasteiger partial charge is 0.242 e. The van der Waals surface area contributed by atoms with Crippen molar-refractivity contribution < 1.29 is 4.79 Å². The molecular formula is C29H30N6O. The van der Waals surface area contributed by atoms with Crippen LogP contribution in [0.15, 0.2) is 72.9 Å². The van der Waals surface area contributed by atoms with Gasteiger partial charge in [-0.25, -0.2) is 4.98 Å².